The van der Waals surface area contributed by atoms with E-state index in [9.17, 15) is 4.79 Å². The second-order valence-electron chi connectivity index (χ2n) is 4.41. The van der Waals surface area contributed by atoms with E-state index in [1.54, 1.807) is 30.3 Å². The van der Waals surface area contributed by atoms with Gasteiger partial charge in [-0.15, -0.1) is 0 Å². The van der Waals surface area contributed by atoms with Crippen molar-refractivity contribution in [3.63, 3.8) is 0 Å². The smallest absolute Gasteiger partial charge is 0.307 e. The maximum Gasteiger partial charge on any atom is 0.307 e. The summed E-state index contributed by atoms with van der Waals surface area (Å²) in [4.78, 5) is 15.0. The van der Waals surface area contributed by atoms with E-state index in [0.29, 0.717) is 16.0 Å². The predicted molar refractivity (Wildman–Crippen MR) is 82.5 cm³/mol. The van der Waals surface area contributed by atoms with Crippen molar-refractivity contribution in [2.24, 2.45) is 0 Å². The third-order valence-corrected chi connectivity index (χ3v) is 3.95. The van der Waals surface area contributed by atoms with Gasteiger partial charge in [0.25, 0.3) is 5.19 Å². The van der Waals surface area contributed by atoms with Gasteiger partial charge in [0.1, 0.15) is 5.75 Å². The van der Waals surface area contributed by atoms with E-state index in [1.807, 2.05) is 12.1 Å². The summed E-state index contributed by atoms with van der Waals surface area (Å²) in [5.74, 6) is -0.235. The largest absolute Gasteiger partial charge is 0.481 e. The van der Waals surface area contributed by atoms with Crippen LogP contribution in [0.3, 0.4) is 0 Å². The predicted octanol–water partition coefficient (Wildman–Crippen LogP) is 4.37. The molecule has 4 nitrogen and oxygen atoms in total. The molecule has 0 aliphatic carbocycles. The third-order valence-electron chi connectivity index (χ3n) is 2.81. The number of carboxylic acids is 1. The fourth-order valence-corrected chi connectivity index (χ4v) is 2.98. The SMILES string of the molecule is O=C(O)Cc1ccc(Oc2nc3ccc(Cl)cc3s2)cc1. The molecule has 0 fully saturated rings. The van der Waals surface area contributed by atoms with Crippen LogP contribution in [0.1, 0.15) is 5.56 Å². The van der Waals surface area contributed by atoms with E-state index in [0.717, 1.165) is 15.8 Å². The molecule has 21 heavy (non-hydrogen) atoms. The van der Waals surface area contributed by atoms with Crippen LogP contribution in [-0.4, -0.2) is 16.1 Å². The Morgan fingerprint density at radius 2 is 2.00 bits per heavy atom. The molecular weight excluding hydrogens is 310 g/mol. The highest BCUT2D eigenvalue weighted by Crippen LogP contribution is 2.32. The van der Waals surface area contributed by atoms with Gasteiger partial charge in [0.05, 0.1) is 16.6 Å². The fourth-order valence-electron chi connectivity index (χ4n) is 1.87. The lowest BCUT2D eigenvalue weighted by Crippen LogP contribution is -1.99. The summed E-state index contributed by atoms with van der Waals surface area (Å²) < 4.78 is 6.64. The molecule has 0 amide bonds. The van der Waals surface area contributed by atoms with E-state index in [1.165, 1.54) is 11.3 Å². The highest BCUT2D eigenvalue weighted by Gasteiger charge is 2.07. The molecular formula is C15H10ClNO3S. The number of benzene rings is 2. The Balaban J connectivity index is 1.79. The second-order valence-corrected chi connectivity index (χ2v) is 5.84. The molecule has 3 rings (SSSR count). The van der Waals surface area contributed by atoms with Crippen LogP contribution < -0.4 is 4.74 Å². The summed E-state index contributed by atoms with van der Waals surface area (Å²) in [6.45, 7) is 0. The minimum Gasteiger partial charge on any atom is -0.481 e. The first-order valence-electron chi connectivity index (χ1n) is 6.15. The average molecular weight is 320 g/mol. The van der Waals surface area contributed by atoms with Crippen molar-refractivity contribution < 1.29 is 14.6 Å². The third kappa shape index (κ3) is 3.32. The molecule has 0 atom stereocenters. The minimum absolute atomic E-state index is 0.0000826. The van der Waals surface area contributed by atoms with Gasteiger partial charge in [-0.05, 0) is 35.9 Å². The number of aliphatic carboxylic acids is 1. The molecule has 0 aliphatic rings. The first kappa shape index (κ1) is 13.9. The van der Waals surface area contributed by atoms with Crippen molar-refractivity contribution in [2.75, 3.05) is 0 Å². The van der Waals surface area contributed by atoms with E-state index in [-0.39, 0.29) is 6.42 Å². The number of nitrogens with zero attached hydrogens (tertiary/aromatic N) is 1. The van der Waals surface area contributed by atoms with Gasteiger partial charge < -0.3 is 9.84 Å². The van der Waals surface area contributed by atoms with Crippen molar-refractivity contribution in [2.45, 2.75) is 6.42 Å². The summed E-state index contributed by atoms with van der Waals surface area (Å²) in [7, 11) is 0. The first-order valence-corrected chi connectivity index (χ1v) is 7.34. The number of ether oxygens (including phenoxy) is 1. The Labute approximate surface area is 129 Å². The van der Waals surface area contributed by atoms with Crippen molar-refractivity contribution in [1.29, 1.82) is 0 Å². The molecule has 3 aromatic rings. The summed E-state index contributed by atoms with van der Waals surface area (Å²) in [6, 6.07) is 12.4. The molecule has 0 radical (unpaired) electrons. The summed E-state index contributed by atoms with van der Waals surface area (Å²) in [5.41, 5.74) is 1.56. The van der Waals surface area contributed by atoms with E-state index >= 15 is 0 Å². The van der Waals surface area contributed by atoms with Crippen LogP contribution in [0, 0.1) is 0 Å². The van der Waals surface area contributed by atoms with Crippen LogP contribution >= 0.6 is 22.9 Å². The highest BCUT2D eigenvalue weighted by atomic mass is 35.5. The lowest BCUT2D eigenvalue weighted by molar-refractivity contribution is -0.136. The second kappa shape index (κ2) is 5.71. The molecule has 0 aliphatic heterocycles. The van der Waals surface area contributed by atoms with Crippen LogP contribution in [0.5, 0.6) is 10.9 Å². The van der Waals surface area contributed by atoms with Gasteiger partial charge in [-0.3, -0.25) is 4.79 Å². The lowest BCUT2D eigenvalue weighted by Gasteiger charge is -2.02. The summed E-state index contributed by atoms with van der Waals surface area (Å²) >= 11 is 7.35. The molecule has 106 valence electrons. The molecule has 0 spiro atoms. The number of halogens is 1. The van der Waals surface area contributed by atoms with Crippen molar-refractivity contribution >= 4 is 39.1 Å². The number of carboxylic acid groups (broad SMARTS) is 1. The fraction of sp³-hybridized carbons (Fsp3) is 0.0667. The molecule has 1 N–H and O–H groups in total. The van der Waals surface area contributed by atoms with Gasteiger partial charge in [0.2, 0.25) is 0 Å². The van der Waals surface area contributed by atoms with Crippen LogP contribution in [0.15, 0.2) is 42.5 Å². The molecule has 0 unspecified atom stereocenters. The Morgan fingerprint density at radius 3 is 2.71 bits per heavy atom. The van der Waals surface area contributed by atoms with Gasteiger partial charge >= 0.3 is 5.97 Å². The molecule has 2 aromatic carbocycles. The summed E-state index contributed by atoms with van der Waals surface area (Å²) in [6.07, 6.45) is -0.0000826. The van der Waals surface area contributed by atoms with Crippen molar-refractivity contribution in [3.05, 3.63) is 53.1 Å². The van der Waals surface area contributed by atoms with Crippen LogP contribution in [0.2, 0.25) is 5.02 Å². The Bertz CT molecular complexity index is 798. The van der Waals surface area contributed by atoms with Gasteiger partial charge in [-0.1, -0.05) is 35.1 Å². The maximum absolute atomic E-state index is 10.6. The Morgan fingerprint density at radius 1 is 1.24 bits per heavy atom. The molecule has 0 saturated heterocycles. The van der Waals surface area contributed by atoms with E-state index < -0.39 is 5.97 Å². The van der Waals surface area contributed by atoms with Crippen molar-refractivity contribution in [1.82, 2.24) is 4.98 Å². The van der Waals surface area contributed by atoms with Gasteiger partial charge in [0.15, 0.2) is 0 Å². The number of rotatable bonds is 4. The number of hydrogen-bond donors (Lipinski definition) is 1. The zero-order valence-electron chi connectivity index (χ0n) is 10.7. The number of aromatic nitrogens is 1. The normalized spacial score (nSPS) is 10.7. The number of thiazole rings is 1. The number of fused-ring (bicyclic) bond motifs is 1. The molecule has 1 aromatic heterocycles. The maximum atomic E-state index is 10.6. The van der Waals surface area contributed by atoms with Crippen LogP contribution in [0.25, 0.3) is 10.2 Å². The monoisotopic (exact) mass is 319 g/mol. The van der Waals surface area contributed by atoms with Crippen LogP contribution in [-0.2, 0) is 11.2 Å². The Hall–Kier alpha value is -2.11. The minimum atomic E-state index is -0.855. The van der Waals surface area contributed by atoms with Gasteiger partial charge in [-0.25, -0.2) is 4.98 Å². The highest BCUT2D eigenvalue weighted by molar-refractivity contribution is 7.20. The summed E-state index contributed by atoms with van der Waals surface area (Å²) in [5, 5.41) is 9.91. The number of carbonyl (C=O) groups is 1. The molecule has 6 heteroatoms. The quantitative estimate of drug-likeness (QED) is 0.775. The average Bonchev–Trinajstić information content (AvgIpc) is 2.82. The van der Waals surface area contributed by atoms with Crippen LogP contribution in [0.4, 0.5) is 0 Å². The van der Waals surface area contributed by atoms with Gasteiger partial charge in [-0.2, -0.15) is 0 Å². The zero-order valence-corrected chi connectivity index (χ0v) is 12.3. The van der Waals surface area contributed by atoms with E-state index in [2.05, 4.69) is 4.98 Å². The topological polar surface area (TPSA) is 59.4 Å². The van der Waals surface area contributed by atoms with Crippen molar-refractivity contribution in [3.8, 4) is 10.9 Å². The lowest BCUT2D eigenvalue weighted by atomic mass is 10.1. The molecule has 0 bridgehead atoms. The standard InChI is InChI=1S/C15H10ClNO3S/c16-10-3-6-12-13(8-10)21-15(17-12)20-11-4-1-9(2-5-11)7-14(18)19/h1-6,8H,7H2,(H,18,19). The number of hydrogen-bond acceptors (Lipinski definition) is 4. The van der Waals surface area contributed by atoms with E-state index in [4.69, 9.17) is 21.4 Å². The molecule has 1 heterocycles. The first-order chi connectivity index (χ1) is 10.1. The zero-order chi connectivity index (χ0) is 14.8. The molecule has 0 saturated carbocycles. The van der Waals surface area contributed by atoms with Gasteiger partial charge in [0, 0.05) is 5.02 Å². The Kier molecular flexibility index (Phi) is 3.77.